The molecule has 1 saturated heterocycles. The second-order valence-electron chi connectivity index (χ2n) is 7.46. The largest absolute Gasteiger partial charge is 0.444 e. The number of alkyl carbamates (subject to hydrolysis) is 1. The molecule has 1 amide bonds. The van der Waals surface area contributed by atoms with Crippen LogP contribution in [0.2, 0.25) is 0 Å². The van der Waals surface area contributed by atoms with Gasteiger partial charge in [-0.05, 0) is 46.6 Å². The molecule has 1 N–H and O–H groups in total. The number of halogens is 3. The number of alkyl halides is 3. The van der Waals surface area contributed by atoms with E-state index in [1.54, 1.807) is 20.8 Å². The second-order valence-corrected chi connectivity index (χ2v) is 9.72. The summed E-state index contributed by atoms with van der Waals surface area (Å²) in [6.45, 7) is 5.11. The molecular formula is C15H27F3N2O4S. The number of hydrogen-bond acceptors (Lipinski definition) is 5. The molecular weight excluding hydrogens is 361 g/mol. The second kappa shape index (κ2) is 8.11. The van der Waals surface area contributed by atoms with Gasteiger partial charge in [0.15, 0.2) is 0 Å². The molecule has 0 unspecified atom stereocenters. The molecule has 0 radical (unpaired) electrons. The van der Waals surface area contributed by atoms with Crippen LogP contribution in [0.4, 0.5) is 18.0 Å². The minimum Gasteiger partial charge on any atom is -0.444 e. The van der Waals surface area contributed by atoms with Gasteiger partial charge >= 0.3 is 12.3 Å². The van der Waals surface area contributed by atoms with Crippen molar-refractivity contribution in [1.29, 1.82) is 0 Å². The Morgan fingerprint density at radius 1 is 1.24 bits per heavy atom. The predicted molar refractivity (Wildman–Crippen MR) is 88.1 cm³/mol. The van der Waals surface area contributed by atoms with Crippen molar-refractivity contribution >= 4 is 15.9 Å². The molecule has 2 atom stereocenters. The summed E-state index contributed by atoms with van der Waals surface area (Å²) in [5.41, 5.74) is -0.692. The lowest BCUT2D eigenvalue weighted by atomic mass is 9.97. The quantitative estimate of drug-likeness (QED) is 0.782. The van der Waals surface area contributed by atoms with E-state index in [0.29, 0.717) is 0 Å². The normalized spacial score (nSPS) is 23.3. The Hall–Kier alpha value is -1.03. The fourth-order valence-corrected chi connectivity index (χ4v) is 3.44. The third-order valence-electron chi connectivity index (χ3n) is 3.74. The highest BCUT2D eigenvalue weighted by atomic mass is 32.2. The molecule has 1 fully saturated rings. The molecule has 0 aliphatic carbocycles. The van der Waals surface area contributed by atoms with Crippen LogP contribution >= 0.6 is 0 Å². The number of likely N-dealkylation sites (tertiary alicyclic amines) is 1. The van der Waals surface area contributed by atoms with Gasteiger partial charge in [0.2, 0.25) is 0 Å². The monoisotopic (exact) mass is 388 g/mol. The standard InChI is InChI=1S/C15H27F3N2O4S/c1-14(2,3)24-13(21)19-11-6-7-12(15(16,17)18)20(10-11)8-5-9-25(4,22)23/h11-12H,5-10H2,1-4H3,(H,19,21)/t11-,12-/m0/s1. The third kappa shape index (κ3) is 8.75. The van der Waals surface area contributed by atoms with Crippen molar-refractivity contribution in [3.05, 3.63) is 0 Å². The molecule has 1 aliphatic heterocycles. The van der Waals surface area contributed by atoms with Crippen molar-refractivity contribution in [2.24, 2.45) is 0 Å². The highest BCUT2D eigenvalue weighted by molar-refractivity contribution is 7.90. The van der Waals surface area contributed by atoms with E-state index in [2.05, 4.69) is 5.32 Å². The minimum atomic E-state index is -4.39. The molecule has 0 aromatic rings. The fourth-order valence-electron chi connectivity index (χ4n) is 2.78. The number of piperidine rings is 1. The number of carbonyl (C=O) groups is 1. The molecule has 25 heavy (non-hydrogen) atoms. The van der Waals surface area contributed by atoms with Crippen LogP contribution in [0.3, 0.4) is 0 Å². The predicted octanol–water partition coefficient (Wildman–Crippen LogP) is 2.34. The molecule has 0 aromatic heterocycles. The van der Waals surface area contributed by atoms with Gasteiger partial charge in [-0.1, -0.05) is 0 Å². The number of hydrogen-bond donors (Lipinski definition) is 1. The van der Waals surface area contributed by atoms with E-state index in [9.17, 15) is 26.4 Å². The van der Waals surface area contributed by atoms with E-state index in [-0.39, 0.29) is 38.1 Å². The van der Waals surface area contributed by atoms with Gasteiger partial charge in [0.25, 0.3) is 0 Å². The highest BCUT2D eigenvalue weighted by Crippen LogP contribution is 2.32. The summed E-state index contributed by atoms with van der Waals surface area (Å²) in [5, 5.41) is 2.60. The van der Waals surface area contributed by atoms with Crippen LogP contribution < -0.4 is 5.32 Å². The molecule has 1 rings (SSSR count). The minimum absolute atomic E-state index is 0.00372. The van der Waals surface area contributed by atoms with Gasteiger partial charge in [-0.2, -0.15) is 13.2 Å². The van der Waals surface area contributed by atoms with Crippen LogP contribution in [0.5, 0.6) is 0 Å². The lowest BCUT2D eigenvalue weighted by Gasteiger charge is -2.40. The summed E-state index contributed by atoms with van der Waals surface area (Å²) in [5.74, 6) is -0.168. The Morgan fingerprint density at radius 3 is 2.32 bits per heavy atom. The molecule has 6 nitrogen and oxygen atoms in total. The molecule has 0 bridgehead atoms. The highest BCUT2D eigenvalue weighted by Gasteiger charge is 2.46. The number of rotatable bonds is 5. The lowest BCUT2D eigenvalue weighted by molar-refractivity contribution is -0.192. The van der Waals surface area contributed by atoms with E-state index in [1.807, 2.05) is 0 Å². The first-order valence-electron chi connectivity index (χ1n) is 8.15. The van der Waals surface area contributed by atoms with Crippen LogP contribution in [0.25, 0.3) is 0 Å². The van der Waals surface area contributed by atoms with Gasteiger partial charge in [-0.25, -0.2) is 13.2 Å². The zero-order chi connectivity index (χ0) is 19.5. The molecule has 148 valence electrons. The van der Waals surface area contributed by atoms with Gasteiger partial charge in [0, 0.05) is 18.8 Å². The SMILES string of the molecule is CC(C)(C)OC(=O)N[C@H]1CC[C@@H](C(F)(F)F)N(CCCS(C)(=O)=O)C1. The number of amides is 1. The zero-order valence-electron chi connectivity index (χ0n) is 15.0. The summed E-state index contributed by atoms with van der Waals surface area (Å²) in [7, 11) is -3.23. The summed E-state index contributed by atoms with van der Waals surface area (Å²) in [6.07, 6.45) is -3.85. The molecule has 1 aliphatic rings. The number of sulfone groups is 1. The zero-order valence-corrected chi connectivity index (χ0v) is 15.8. The van der Waals surface area contributed by atoms with Crippen LogP contribution in [0, 0.1) is 0 Å². The average Bonchev–Trinajstić information content (AvgIpc) is 2.33. The van der Waals surface area contributed by atoms with Gasteiger partial charge in [-0.3, -0.25) is 4.90 Å². The van der Waals surface area contributed by atoms with Gasteiger partial charge in [-0.15, -0.1) is 0 Å². The topological polar surface area (TPSA) is 75.7 Å². The molecule has 1 heterocycles. The summed E-state index contributed by atoms with van der Waals surface area (Å²) >= 11 is 0. The first kappa shape index (κ1) is 22.0. The Balaban J connectivity index is 2.68. The van der Waals surface area contributed by atoms with Gasteiger partial charge in [0.05, 0.1) is 5.75 Å². The smallest absolute Gasteiger partial charge is 0.407 e. The Bertz CT molecular complexity index is 558. The van der Waals surface area contributed by atoms with Crippen LogP contribution in [-0.2, 0) is 14.6 Å². The van der Waals surface area contributed by atoms with Crippen molar-refractivity contribution in [2.45, 2.75) is 63.9 Å². The van der Waals surface area contributed by atoms with E-state index >= 15 is 0 Å². The fraction of sp³-hybridized carbons (Fsp3) is 0.933. The Labute approximate surface area is 147 Å². The number of ether oxygens (including phenoxy) is 1. The van der Waals surface area contributed by atoms with Crippen LogP contribution in [-0.4, -0.2) is 68.4 Å². The maximum Gasteiger partial charge on any atom is 0.407 e. The maximum absolute atomic E-state index is 13.2. The van der Waals surface area contributed by atoms with Crippen molar-refractivity contribution in [2.75, 3.05) is 25.1 Å². The molecule has 0 aromatic carbocycles. The van der Waals surface area contributed by atoms with Gasteiger partial charge in [0.1, 0.15) is 21.5 Å². The maximum atomic E-state index is 13.2. The molecule has 10 heteroatoms. The number of nitrogens with zero attached hydrogens (tertiary/aromatic N) is 1. The summed E-state index contributed by atoms with van der Waals surface area (Å²) < 4.78 is 67.1. The van der Waals surface area contributed by atoms with Crippen molar-refractivity contribution in [3.63, 3.8) is 0 Å². The third-order valence-corrected chi connectivity index (χ3v) is 4.77. The van der Waals surface area contributed by atoms with Crippen molar-refractivity contribution in [1.82, 2.24) is 10.2 Å². The summed E-state index contributed by atoms with van der Waals surface area (Å²) in [6, 6.07) is -2.09. The summed E-state index contributed by atoms with van der Waals surface area (Å²) in [4.78, 5) is 13.0. The number of nitrogens with one attached hydrogen (secondary N) is 1. The van der Waals surface area contributed by atoms with Gasteiger partial charge < -0.3 is 10.1 Å². The first-order chi connectivity index (χ1) is 11.2. The van der Waals surface area contributed by atoms with E-state index in [1.165, 1.54) is 4.90 Å². The average molecular weight is 388 g/mol. The Kier molecular flexibility index (Phi) is 7.14. The molecule has 0 spiro atoms. The van der Waals surface area contributed by atoms with Crippen LogP contribution in [0.15, 0.2) is 0 Å². The van der Waals surface area contributed by atoms with Crippen LogP contribution in [0.1, 0.15) is 40.0 Å². The Morgan fingerprint density at radius 2 is 1.84 bits per heavy atom. The van der Waals surface area contributed by atoms with Crippen molar-refractivity contribution in [3.8, 4) is 0 Å². The van der Waals surface area contributed by atoms with Crippen molar-refractivity contribution < 1.29 is 31.1 Å². The van der Waals surface area contributed by atoms with E-state index < -0.39 is 39.8 Å². The molecule has 0 saturated carbocycles. The lowest BCUT2D eigenvalue weighted by Crippen LogP contribution is -2.57. The van der Waals surface area contributed by atoms with E-state index in [0.717, 1.165) is 6.26 Å². The first-order valence-corrected chi connectivity index (χ1v) is 10.2. The van der Waals surface area contributed by atoms with E-state index in [4.69, 9.17) is 4.74 Å². The number of carbonyl (C=O) groups excluding carboxylic acids is 1.